The summed E-state index contributed by atoms with van der Waals surface area (Å²) in [5, 5.41) is 5.69. The summed E-state index contributed by atoms with van der Waals surface area (Å²) in [7, 11) is 0. The molecule has 188 valence electrons. The molecule has 0 aromatic heterocycles. The quantitative estimate of drug-likeness (QED) is 0.507. The second kappa shape index (κ2) is 12.9. The summed E-state index contributed by atoms with van der Waals surface area (Å²) >= 11 is 0. The van der Waals surface area contributed by atoms with Crippen LogP contribution in [0, 0.1) is 11.8 Å². The van der Waals surface area contributed by atoms with Crippen LogP contribution in [0.3, 0.4) is 0 Å². The standard InChI is InChI=1S/C27H36N4O4/c1-19(2)15-24(32)31-13-11-22(12-14-31)25(26(33)29-23-10-6-9-21(16-23)17-28)30-27(34)35-18-20-7-4-3-5-8-20/h3-10,16,19,22,25H,11-15,17-18,28H2,1-2H3,(H,29,33)(H,30,34)/t25-/m0/s1. The van der Waals surface area contributed by atoms with Crippen molar-refractivity contribution in [1.82, 2.24) is 10.2 Å². The molecule has 8 nitrogen and oxygen atoms in total. The number of carbonyl (C=O) groups is 3. The maximum Gasteiger partial charge on any atom is 0.408 e. The first-order valence-corrected chi connectivity index (χ1v) is 12.2. The molecule has 0 bridgehead atoms. The molecule has 3 rings (SSSR count). The Balaban J connectivity index is 1.66. The Kier molecular flexibility index (Phi) is 9.66. The number of benzene rings is 2. The molecule has 2 aromatic carbocycles. The molecule has 1 aliphatic rings. The van der Waals surface area contributed by atoms with E-state index in [1.807, 2.05) is 67.3 Å². The average Bonchev–Trinajstić information content (AvgIpc) is 2.86. The summed E-state index contributed by atoms with van der Waals surface area (Å²) in [5.41, 5.74) is 8.10. The fraction of sp³-hybridized carbons (Fsp3) is 0.444. The van der Waals surface area contributed by atoms with Gasteiger partial charge in [-0.1, -0.05) is 56.3 Å². The summed E-state index contributed by atoms with van der Waals surface area (Å²) in [6, 6.07) is 15.9. The Morgan fingerprint density at radius 1 is 1.03 bits per heavy atom. The van der Waals surface area contributed by atoms with Crippen LogP contribution in [-0.4, -0.2) is 41.9 Å². The predicted molar refractivity (Wildman–Crippen MR) is 135 cm³/mol. The van der Waals surface area contributed by atoms with Gasteiger partial charge in [-0.15, -0.1) is 0 Å². The van der Waals surface area contributed by atoms with E-state index in [1.54, 1.807) is 6.07 Å². The molecule has 0 radical (unpaired) electrons. The minimum atomic E-state index is -0.790. The van der Waals surface area contributed by atoms with Crippen LogP contribution in [0.1, 0.15) is 44.2 Å². The van der Waals surface area contributed by atoms with E-state index < -0.39 is 12.1 Å². The number of nitrogens with one attached hydrogen (secondary N) is 2. The Morgan fingerprint density at radius 2 is 1.71 bits per heavy atom. The van der Waals surface area contributed by atoms with Crippen molar-refractivity contribution in [3.63, 3.8) is 0 Å². The van der Waals surface area contributed by atoms with Gasteiger partial charge >= 0.3 is 6.09 Å². The van der Waals surface area contributed by atoms with E-state index in [9.17, 15) is 14.4 Å². The van der Waals surface area contributed by atoms with Crippen LogP contribution in [0.15, 0.2) is 54.6 Å². The summed E-state index contributed by atoms with van der Waals surface area (Å²) in [5.74, 6) is -0.0137. The second-order valence-electron chi connectivity index (χ2n) is 9.39. The number of likely N-dealkylation sites (tertiary alicyclic amines) is 1. The van der Waals surface area contributed by atoms with E-state index in [4.69, 9.17) is 10.5 Å². The molecule has 4 N–H and O–H groups in total. The van der Waals surface area contributed by atoms with Gasteiger partial charge in [0.1, 0.15) is 12.6 Å². The van der Waals surface area contributed by atoms with Crippen LogP contribution in [0.25, 0.3) is 0 Å². The number of piperidine rings is 1. The molecular formula is C27H36N4O4. The fourth-order valence-electron chi connectivity index (χ4n) is 4.25. The topological polar surface area (TPSA) is 114 Å². The second-order valence-corrected chi connectivity index (χ2v) is 9.39. The van der Waals surface area contributed by atoms with Gasteiger partial charge in [0, 0.05) is 31.7 Å². The average molecular weight is 481 g/mol. The van der Waals surface area contributed by atoms with Crippen molar-refractivity contribution < 1.29 is 19.1 Å². The Hall–Kier alpha value is -3.39. The molecule has 1 saturated heterocycles. The molecule has 1 heterocycles. The van der Waals surface area contributed by atoms with Crippen LogP contribution in [0.4, 0.5) is 10.5 Å². The third-order valence-electron chi connectivity index (χ3n) is 6.15. The number of hydrogen-bond donors (Lipinski definition) is 3. The summed E-state index contributed by atoms with van der Waals surface area (Å²) in [6.45, 7) is 5.64. The van der Waals surface area contributed by atoms with E-state index in [1.165, 1.54) is 0 Å². The van der Waals surface area contributed by atoms with Gasteiger partial charge in [0.15, 0.2) is 0 Å². The highest BCUT2D eigenvalue weighted by Crippen LogP contribution is 2.24. The van der Waals surface area contributed by atoms with Gasteiger partial charge in [-0.2, -0.15) is 0 Å². The molecule has 0 aliphatic carbocycles. The summed E-state index contributed by atoms with van der Waals surface area (Å²) in [4.78, 5) is 40.2. The van der Waals surface area contributed by atoms with Crippen LogP contribution in [-0.2, 0) is 27.5 Å². The number of nitrogens with two attached hydrogens (primary N) is 1. The highest BCUT2D eigenvalue weighted by molar-refractivity contribution is 5.96. The fourth-order valence-corrected chi connectivity index (χ4v) is 4.25. The van der Waals surface area contributed by atoms with Gasteiger partial charge in [0.2, 0.25) is 11.8 Å². The van der Waals surface area contributed by atoms with Gasteiger partial charge in [0.05, 0.1) is 0 Å². The lowest BCUT2D eigenvalue weighted by molar-refractivity contribution is -0.133. The molecule has 0 saturated carbocycles. The number of carbonyl (C=O) groups excluding carboxylic acids is 3. The lowest BCUT2D eigenvalue weighted by Crippen LogP contribution is -2.52. The molecule has 2 aromatic rings. The number of ether oxygens (including phenoxy) is 1. The minimum absolute atomic E-state index is 0.113. The zero-order chi connectivity index (χ0) is 25.2. The van der Waals surface area contributed by atoms with Crippen molar-refractivity contribution >= 4 is 23.6 Å². The van der Waals surface area contributed by atoms with Crippen molar-refractivity contribution in [2.24, 2.45) is 17.6 Å². The molecule has 0 spiro atoms. The van der Waals surface area contributed by atoms with Crippen LogP contribution >= 0.6 is 0 Å². The van der Waals surface area contributed by atoms with Crippen LogP contribution < -0.4 is 16.4 Å². The molecule has 1 atom stereocenters. The van der Waals surface area contributed by atoms with Gasteiger partial charge in [-0.25, -0.2) is 4.79 Å². The van der Waals surface area contributed by atoms with Crippen LogP contribution in [0.5, 0.6) is 0 Å². The first kappa shape index (κ1) is 26.2. The van der Waals surface area contributed by atoms with Gasteiger partial charge in [0.25, 0.3) is 0 Å². The molecular weight excluding hydrogens is 444 g/mol. The number of alkyl carbamates (subject to hydrolysis) is 1. The number of nitrogens with zero attached hydrogens (tertiary/aromatic N) is 1. The SMILES string of the molecule is CC(C)CC(=O)N1CCC([C@H](NC(=O)OCc2ccccc2)C(=O)Nc2cccc(CN)c2)CC1. The van der Waals surface area contributed by atoms with Crippen molar-refractivity contribution in [2.45, 2.75) is 52.3 Å². The predicted octanol–water partition coefficient (Wildman–Crippen LogP) is 3.66. The van der Waals surface area contributed by atoms with Crippen molar-refractivity contribution in [3.05, 3.63) is 65.7 Å². The first-order chi connectivity index (χ1) is 16.9. The number of rotatable bonds is 9. The van der Waals surface area contributed by atoms with E-state index >= 15 is 0 Å². The van der Waals surface area contributed by atoms with Crippen molar-refractivity contribution in [2.75, 3.05) is 18.4 Å². The number of anilines is 1. The Labute approximate surface area is 207 Å². The van der Waals surface area contributed by atoms with Gasteiger partial charge < -0.3 is 26.0 Å². The lowest BCUT2D eigenvalue weighted by atomic mass is 9.88. The maximum absolute atomic E-state index is 13.3. The largest absolute Gasteiger partial charge is 0.445 e. The van der Waals surface area contributed by atoms with Gasteiger partial charge in [-0.05, 0) is 47.9 Å². The summed E-state index contributed by atoms with van der Waals surface area (Å²) in [6.07, 6.45) is 1.09. The third-order valence-corrected chi connectivity index (χ3v) is 6.15. The monoisotopic (exact) mass is 480 g/mol. The van der Waals surface area contributed by atoms with Crippen LogP contribution in [0.2, 0.25) is 0 Å². The molecule has 1 aliphatic heterocycles. The summed E-state index contributed by atoms with van der Waals surface area (Å²) < 4.78 is 5.38. The van der Waals surface area contributed by atoms with Crippen molar-refractivity contribution in [1.29, 1.82) is 0 Å². The minimum Gasteiger partial charge on any atom is -0.445 e. The third kappa shape index (κ3) is 8.10. The molecule has 8 heteroatoms. The zero-order valence-corrected chi connectivity index (χ0v) is 20.5. The van der Waals surface area contributed by atoms with Crippen molar-refractivity contribution in [3.8, 4) is 0 Å². The lowest BCUT2D eigenvalue weighted by Gasteiger charge is -2.36. The molecule has 3 amide bonds. The number of amides is 3. The van der Waals surface area contributed by atoms with E-state index in [0.29, 0.717) is 50.5 Å². The van der Waals surface area contributed by atoms with E-state index in [-0.39, 0.29) is 24.3 Å². The highest BCUT2D eigenvalue weighted by atomic mass is 16.5. The molecule has 1 fully saturated rings. The molecule has 35 heavy (non-hydrogen) atoms. The Bertz CT molecular complexity index is 988. The molecule has 0 unspecified atom stereocenters. The highest BCUT2D eigenvalue weighted by Gasteiger charge is 2.34. The van der Waals surface area contributed by atoms with E-state index in [2.05, 4.69) is 10.6 Å². The zero-order valence-electron chi connectivity index (χ0n) is 20.5. The number of hydrogen-bond acceptors (Lipinski definition) is 5. The maximum atomic E-state index is 13.3. The first-order valence-electron chi connectivity index (χ1n) is 12.2. The normalized spacial score (nSPS) is 14.9. The van der Waals surface area contributed by atoms with E-state index in [0.717, 1.165) is 11.1 Å². The van der Waals surface area contributed by atoms with Gasteiger partial charge in [-0.3, -0.25) is 9.59 Å². The smallest absolute Gasteiger partial charge is 0.408 e. The Morgan fingerprint density at radius 3 is 2.37 bits per heavy atom.